The van der Waals surface area contributed by atoms with Crippen molar-refractivity contribution in [2.24, 2.45) is 0 Å². The van der Waals surface area contributed by atoms with Crippen molar-refractivity contribution in [3.8, 4) is 11.8 Å². The minimum absolute atomic E-state index is 0.166. The first-order valence-corrected chi connectivity index (χ1v) is 5.74. The maximum absolute atomic E-state index is 13.0. The highest BCUT2D eigenvalue weighted by Gasteiger charge is 2.46. The van der Waals surface area contributed by atoms with E-state index in [0.717, 1.165) is 0 Å². The molecule has 4 nitrogen and oxygen atoms in total. The van der Waals surface area contributed by atoms with Crippen molar-refractivity contribution >= 4 is 5.91 Å². The molecule has 19 heavy (non-hydrogen) atoms. The lowest BCUT2D eigenvalue weighted by molar-refractivity contribution is -0.155. The second kappa shape index (κ2) is 4.96. The van der Waals surface area contributed by atoms with Gasteiger partial charge in [0.25, 0.3) is 5.91 Å². The van der Waals surface area contributed by atoms with Crippen LogP contribution in [-0.4, -0.2) is 28.3 Å². The summed E-state index contributed by atoms with van der Waals surface area (Å²) in [6, 6.07) is -0.590. The molecule has 1 aliphatic rings. The van der Waals surface area contributed by atoms with E-state index in [-0.39, 0.29) is 12.0 Å². The van der Waals surface area contributed by atoms with Crippen LogP contribution in [0.1, 0.15) is 30.5 Å². The molecule has 0 radical (unpaired) electrons. The fraction of sp³-hybridized carbons (Fsp3) is 0.500. The van der Waals surface area contributed by atoms with Gasteiger partial charge in [-0.1, -0.05) is 5.92 Å². The van der Waals surface area contributed by atoms with Crippen LogP contribution in [0.25, 0.3) is 0 Å². The van der Waals surface area contributed by atoms with E-state index in [1.807, 2.05) is 0 Å². The van der Waals surface area contributed by atoms with Gasteiger partial charge in [0.1, 0.15) is 0 Å². The van der Waals surface area contributed by atoms with Crippen LogP contribution in [0.2, 0.25) is 0 Å². The third-order valence-electron chi connectivity index (χ3n) is 3.07. The van der Waals surface area contributed by atoms with Crippen LogP contribution in [0.4, 0.5) is 13.2 Å². The highest BCUT2D eigenvalue weighted by molar-refractivity contribution is 5.93. The number of alkyl halides is 3. The Kier molecular flexibility index (Phi) is 3.51. The molecule has 2 rings (SSSR count). The SMILES string of the molecule is CC#CC(=O)NC1Cc2[nH]ncc2C(C(F)(F)F)C1. The predicted molar refractivity (Wildman–Crippen MR) is 61.1 cm³/mol. The molecular weight excluding hydrogens is 259 g/mol. The van der Waals surface area contributed by atoms with Gasteiger partial charge in [0, 0.05) is 23.7 Å². The van der Waals surface area contributed by atoms with Crippen molar-refractivity contribution in [3.05, 3.63) is 17.5 Å². The van der Waals surface area contributed by atoms with Gasteiger partial charge in [-0.2, -0.15) is 18.3 Å². The molecule has 0 spiro atoms. The number of H-pyrrole nitrogens is 1. The lowest BCUT2D eigenvalue weighted by Gasteiger charge is -2.30. The zero-order valence-electron chi connectivity index (χ0n) is 10.1. The van der Waals surface area contributed by atoms with E-state index in [1.165, 1.54) is 13.1 Å². The van der Waals surface area contributed by atoms with E-state index in [1.54, 1.807) is 0 Å². The summed E-state index contributed by atoms with van der Waals surface area (Å²) in [6.45, 7) is 1.49. The first kappa shape index (κ1) is 13.5. The van der Waals surface area contributed by atoms with E-state index >= 15 is 0 Å². The predicted octanol–water partition coefficient (Wildman–Crippen LogP) is 1.51. The maximum Gasteiger partial charge on any atom is 0.395 e. The number of hydrogen-bond donors (Lipinski definition) is 2. The Hall–Kier alpha value is -1.97. The Labute approximate surface area is 107 Å². The lowest BCUT2D eigenvalue weighted by atomic mass is 9.83. The number of aromatic nitrogens is 2. The highest BCUT2D eigenvalue weighted by Crippen LogP contribution is 2.42. The zero-order chi connectivity index (χ0) is 14.0. The van der Waals surface area contributed by atoms with Crippen LogP contribution < -0.4 is 5.32 Å². The second-order valence-electron chi connectivity index (χ2n) is 4.38. The molecule has 1 amide bonds. The third-order valence-corrected chi connectivity index (χ3v) is 3.07. The maximum atomic E-state index is 13.0. The van der Waals surface area contributed by atoms with Gasteiger partial charge < -0.3 is 5.32 Å². The molecule has 0 saturated carbocycles. The number of fused-ring (bicyclic) bond motifs is 1. The molecule has 0 aromatic carbocycles. The van der Waals surface area contributed by atoms with Gasteiger partial charge in [-0.25, -0.2) is 0 Å². The number of hydrogen-bond acceptors (Lipinski definition) is 2. The first-order valence-electron chi connectivity index (χ1n) is 5.74. The summed E-state index contributed by atoms with van der Waals surface area (Å²) in [4.78, 5) is 11.3. The van der Waals surface area contributed by atoms with Crippen molar-refractivity contribution < 1.29 is 18.0 Å². The standard InChI is InChI=1S/C12H12F3N3O/c1-2-3-11(19)17-7-4-9(12(13,14)15)8-6-16-18-10(8)5-7/h6-7,9H,4-5H2,1H3,(H,16,18)(H,17,19). The molecule has 1 aromatic heterocycles. The minimum atomic E-state index is -4.35. The average Bonchev–Trinajstić information content (AvgIpc) is 2.74. The monoisotopic (exact) mass is 271 g/mol. The van der Waals surface area contributed by atoms with Crippen LogP contribution in [0.5, 0.6) is 0 Å². The number of rotatable bonds is 1. The normalized spacial score (nSPS) is 22.1. The molecule has 2 atom stereocenters. The van der Waals surface area contributed by atoms with Gasteiger partial charge in [0.05, 0.1) is 12.1 Å². The molecule has 102 valence electrons. The summed E-state index contributed by atoms with van der Waals surface area (Å²) in [5, 5.41) is 8.70. The van der Waals surface area contributed by atoms with Gasteiger partial charge >= 0.3 is 6.18 Å². The number of carbonyl (C=O) groups excluding carboxylic acids is 1. The summed E-state index contributed by atoms with van der Waals surface area (Å²) in [5.41, 5.74) is 0.586. The molecule has 0 bridgehead atoms. The van der Waals surface area contributed by atoms with Crippen molar-refractivity contribution in [1.29, 1.82) is 0 Å². The third kappa shape index (κ3) is 2.89. The lowest BCUT2D eigenvalue weighted by Crippen LogP contribution is -2.42. The second-order valence-corrected chi connectivity index (χ2v) is 4.38. The van der Waals surface area contributed by atoms with Gasteiger partial charge in [0.15, 0.2) is 0 Å². The number of carbonyl (C=O) groups is 1. The Morgan fingerprint density at radius 3 is 2.95 bits per heavy atom. The van der Waals surface area contributed by atoms with Crippen molar-refractivity contribution in [2.75, 3.05) is 0 Å². The van der Waals surface area contributed by atoms with E-state index in [0.29, 0.717) is 12.1 Å². The Bertz CT molecular complexity index is 538. The smallest absolute Gasteiger partial charge is 0.342 e. The quantitative estimate of drug-likeness (QED) is 0.761. The number of amides is 1. The summed E-state index contributed by atoms with van der Waals surface area (Å²) in [6.07, 6.45) is -3.03. The van der Waals surface area contributed by atoms with E-state index in [9.17, 15) is 18.0 Å². The molecule has 0 aliphatic heterocycles. The van der Waals surface area contributed by atoms with Crippen molar-refractivity contribution in [2.45, 2.75) is 37.9 Å². The Balaban J connectivity index is 2.20. The molecule has 1 aromatic rings. The molecule has 7 heteroatoms. The first-order chi connectivity index (χ1) is 8.91. The van der Waals surface area contributed by atoms with Crippen LogP contribution in [-0.2, 0) is 11.2 Å². The van der Waals surface area contributed by atoms with Crippen LogP contribution in [0.3, 0.4) is 0 Å². The van der Waals surface area contributed by atoms with Crippen molar-refractivity contribution in [3.63, 3.8) is 0 Å². The van der Waals surface area contributed by atoms with E-state index in [4.69, 9.17) is 0 Å². The molecule has 0 saturated heterocycles. The Morgan fingerprint density at radius 1 is 1.58 bits per heavy atom. The van der Waals surface area contributed by atoms with Crippen LogP contribution >= 0.6 is 0 Å². The molecule has 2 N–H and O–H groups in total. The van der Waals surface area contributed by atoms with Crippen molar-refractivity contribution in [1.82, 2.24) is 15.5 Å². The molecule has 0 fully saturated rings. The summed E-state index contributed by atoms with van der Waals surface area (Å²) < 4.78 is 38.9. The van der Waals surface area contributed by atoms with Crippen LogP contribution in [0, 0.1) is 11.8 Å². The number of halogens is 3. The fourth-order valence-corrected chi connectivity index (χ4v) is 2.28. The average molecular weight is 271 g/mol. The Morgan fingerprint density at radius 2 is 2.32 bits per heavy atom. The summed E-state index contributed by atoms with van der Waals surface area (Å²) >= 11 is 0. The van der Waals surface area contributed by atoms with Gasteiger partial charge in [-0.05, 0) is 19.3 Å². The minimum Gasteiger partial charge on any atom is -0.342 e. The number of aromatic amines is 1. The van der Waals surface area contributed by atoms with E-state index in [2.05, 4.69) is 27.4 Å². The van der Waals surface area contributed by atoms with E-state index < -0.39 is 24.0 Å². The molecule has 1 aliphatic carbocycles. The van der Waals surface area contributed by atoms with Crippen LogP contribution in [0.15, 0.2) is 6.20 Å². The number of nitrogens with one attached hydrogen (secondary N) is 2. The molecular formula is C12H12F3N3O. The highest BCUT2D eigenvalue weighted by atomic mass is 19.4. The van der Waals surface area contributed by atoms with Gasteiger partial charge in [0.2, 0.25) is 0 Å². The molecule has 2 unspecified atom stereocenters. The number of nitrogens with zero attached hydrogens (tertiary/aromatic N) is 1. The zero-order valence-corrected chi connectivity index (χ0v) is 10.1. The van der Waals surface area contributed by atoms with Gasteiger partial charge in [-0.15, -0.1) is 0 Å². The van der Waals surface area contributed by atoms with Gasteiger partial charge in [-0.3, -0.25) is 9.89 Å². The summed E-state index contributed by atoms with van der Waals surface area (Å²) in [5.74, 6) is 2.50. The largest absolute Gasteiger partial charge is 0.395 e. The molecule has 1 heterocycles. The fourth-order valence-electron chi connectivity index (χ4n) is 2.28. The topological polar surface area (TPSA) is 57.8 Å². The summed E-state index contributed by atoms with van der Waals surface area (Å²) in [7, 11) is 0.